The zero-order valence-corrected chi connectivity index (χ0v) is 41.1. The number of para-hydroxylation sites is 5. The van der Waals surface area contributed by atoms with Crippen molar-refractivity contribution in [3.8, 4) is 56.7 Å². The van der Waals surface area contributed by atoms with Crippen molar-refractivity contribution in [3.05, 3.63) is 267 Å². The van der Waals surface area contributed by atoms with E-state index in [-0.39, 0.29) is 0 Å². The minimum atomic E-state index is 0.692. The summed E-state index contributed by atoms with van der Waals surface area (Å²) in [5.74, 6) is 0.692. The smallest absolute Gasteiger partial charge is 0.160 e. The van der Waals surface area contributed by atoms with E-state index >= 15 is 0 Å². The van der Waals surface area contributed by atoms with Crippen molar-refractivity contribution in [1.29, 1.82) is 0 Å². The van der Waals surface area contributed by atoms with Crippen LogP contribution in [0.1, 0.15) is 0 Å². The average molecular weight is 969 g/mol. The van der Waals surface area contributed by atoms with Crippen molar-refractivity contribution in [2.45, 2.75) is 0 Å². The molecule has 0 amide bonds. The minimum Gasteiger partial charge on any atom is -0.309 e. The van der Waals surface area contributed by atoms with Gasteiger partial charge >= 0.3 is 0 Å². The highest BCUT2D eigenvalue weighted by Crippen LogP contribution is 2.46. The van der Waals surface area contributed by atoms with Crippen molar-refractivity contribution in [2.75, 3.05) is 0 Å². The number of hydrogen-bond acceptors (Lipinski definition) is 2. The van der Waals surface area contributed by atoms with Crippen LogP contribution in [0.5, 0.6) is 0 Å². The van der Waals surface area contributed by atoms with E-state index in [1.807, 2.05) is 24.3 Å². The highest BCUT2D eigenvalue weighted by atomic mass is 15.0. The van der Waals surface area contributed by atoms with Crippen LogP contribution in [0, 0.1) is 0 Å². The van der Waals surface area contributed by atoms with Gasteiger partial charge in [0.15, 0.2) is 5.82 Å². The van der Waals surface area contributed by atoms with Gasteiger partial charge in [0, 0.05) is 82.5 Å². The van der Waals surface area contributed by atoms with E-state index < -0.39 is 0 Å². The lowest BCUT2D eigenvalue weighted by Crippen LogP contribution is -1.97. The summed E-state index contributed by atoms with van der Waals surface area (Å²) in [6.07, 6.45) is 0. The second kappa shape index (κ2) is 16.6. The van der Waals surface area contributed by atoms with Crippen LogP contribution in [-0.4, -0.2) is 28.2 Å². The van der Waals surface area contributed by atoms with Gasteiger partial charge in [-0.2, -0.15) is 0 Å². The predicted octanol–water partition coefficient (Wildman–Crippen LogP) is 17.9. The normalized spacial score (nSPS) is 11.9. The maximum Gasteiger partial charge on any atom is 0.160 e. The zero-order valence-electron chi connectivity index (χ0n) is 41.1. The molecular formula is C70H44N6. The third kappa shape index (κ3) is 6.28. The summed E-state index contributed by atoms with van der Waals surface area (Å²) in [4.78, 5) is 10.4. The Hall–Kier alpha value is -10.3. The molecule has 0 aliphatic rings. The molecule has 0 atom stereocenters. The van der Waals surface area contributed by atoms with Crippen LogP contribution in [0.3, 0.4) is 0 Å². The first-order chi connectivity index (χ1) is 37.7. The van der Waals surface area contributed by atoms with Gasteiger partial charge in [-0.3, -0.25) is 0 Å². The van der Waals surface area contributed by atoms with Gasteiger partial charge in [-0.1, -0.05) is 176 Å². The monoisotopic (exact) mass is 968 g/mol. The fourth-order valence-corrected chi connectivity index (χ4v) is 12.3. The largest absolute Gasteiger partial charge is 0.309 e. The SMILES string of the molecule is c1ccc(-c2cc(-c3ccc4c5ccc6c(c7cc(-n8c9ccccc9c9ccc%10c(c%11ccccc%11n%10-c%10ccccc%10)c98)ccc7n6-c6ccccc6)c5n(-c5ccccc5)c4c3)nc(-c3ccccc3)n2)cc1. The number of rotatable bonds is 7. The van der Waals surface area contributed by atoms with E-state index in [1.54, 1.807) is 0 Å². The lowest BCUT2D eigenvalue weighted by Gasteiger charge is -2.12. The molecule has 0 aliphatic carbocycles. The Morgan fingerprint density at radius 1 is 0.224 bits per heavy atom. The lowest BCUT2D eigenvalue weighted by atomic mass is 10.0. The van der Waals surface area contributed by atoms with Crippen LogP contribution in [-0.2, 0) is 0 Å². The summed E-state index contributed by atoms with van der Waals surface area (Å²) in [7, 11) is 0. The van der Waals surface area contributed by atoms with Gasteiger partial charge in [0.25, 0.3) is 0 Å². The first-order valence-electron chi connectivity index (χ1n) is 25.9. The van der Waals surface area contributed by atoms with E-state index in [1.165, 1.54) is 65.2 Å². The fraction of sp³-hybridized carbons (Fsp3) is 0. The molecule has 0 saturated heterocycles. The summed E-state index contributed by atoms with van der Waals surface area (Å²) in [6, 6.07) is 96.3. The molecule has 0 bridgehead atoms. The van der Waals surface area contributed by atoms with Crippen LogP contribution in [0.4, 0.5) is 0 Å². The standard InChI is InChI=1S/C70H44N6/c1-6-20-45(21-7-1)58-44-59(72-70(71-58)46-22-8-2-9-23-46)47-34-36-53-55-38-41-64-67(69(55)75(65(53)42-47)50-28-14-5-15-29-50)57-43-51(35-39-62(57)74(64)49-26-12-4-13-27-49)76-60-32-18-16-30-52(60)54-37-40-63-66(68(54)76)56-31-17-19-33-61(56)73(63)48-24-10-3-11-25-48/h1-44H. The van der Waals surface area contributed by atoms with Crippen LogP contribution in [0.25, 0.3) is 144 Å². The third-order valence-corrected chi connectivity index (χ3v) is 15.5. The maximum atomic E-state index is 5.29. The Morgan fingerprint density at radius 2 is 0.645 bits per heavy atom. The van der Waals surface area contributed by atoms with Gasteiger partial charge in [0.1, 0.15) is 0 Å². The summed E-state index contributed by atoms with van der Waals surface area (Å²) in [6.45, 7) is 0. The summed E-state index contributed by atoms with van der Waals surface area (Å²) in [5.41, 5.74) is 18.5. The molecule has 0 unspecified atom stereocenters. The minimum absolute atomic E-state index is 0.692. The molecule has 5 aromatic heterocycles. The first-order valence-corrected chi connectivity index (χ1v) is 25.9. The molecular weight excluding hydrogens is 925 g/mol. The molecule has 0 spiro atoms. The van der Waals surface area contributed by atoms with Crippen molar-refractivity contribution >= 4 is 87.2 Å². The topological polar surface area (TPSA) is 45.5 Å². The molecule has 5 heterocycles. The Labute approximate surface area is 436 Å². The zero-order chi connectivity index (χ0) is 49.8. The summed E-state index contributed by atoms with van der Waals surface area (Å²) >= 11 is 0. The predicted molar refractivity (Wildman–Crippen MR) is 316 cm³/mol. The highest BCUT2D eigenvalue weighted by Gasteiger charge is 2.25. The average Bonchev–Trinajstić information content (AvgIpc) is 4.24. The van der Waals surface area contributed by atoms with Gasteiger partial charge in [0.05, 0.1) is 55.5 Å². The Balaban J connectivity index is 1.01. The molecule has 354 valence electrons. The van der Waals surface area contributed by atoms with E-state index in [0.717, 1.165) is 72.9 Å². The van der Waals surface area contributed by atoms with E-state index in [9.17, 15) is 0 Å². The van der Waals surface area contributed by atoms with Gasteiger partial charge in [-0.15, -0.1) is 0 Å². The summed E-state index contributed by atoms with van der Waals surface area (Å²) in [5, 5.41) is 9.61. The molecule has 16 rings (SSSR count). The molecule has 76 heavy (non-hydrogen) atoms. The first kappa shape index (κ1) is 42.2. The second-order valence-corrected chi connectivity index (χ2v) is 19.7. The molecule has 0 fully saturated rings. The number of benzene rings is 11. The Bertz CT molecular complexity index is 4890. The molecule has 6 heteroatoms. The van der Waals surface area contributed by atoms with Crippen LogP contribution < -0.4 is 0 Å². The Morgan fingerprint density at radius 3 is 1.25 bits per heavy atom. The quantitative estimate of drug-likeness (QED) is 0.160. The van der Waals surface area contributed by atoms with Gasteiger partial charge < -0.3 is 18.3 Å². The van der Waals surface area contributed by atoms with Gasteiger partial charge in [-0.25, -0.2) is 9.97 Å². The number of nitrogens with zero attached hydrogens (tertiary/aromatic N) is 6. The van der Waals surface area contributed by atoms with Crippen molar-refractivity contribution in [3.63, 3.8) is 0 Å². The molecule has 0 radical (unpaired) electrons. The van der Waals surface area contributed by atoms with Crippen LogP contribution in [0.15, 0.2) is 267 Å². The lowest BCUT2D eigenvalue weighted by molar-refractivity contribution is 1.16. The molecule has 0 aliphatic heterocycles. The number of fused-ring (bicyclic) bond motifs is 14. The third-order valence-electron chi connectivity index (χ3n) is 15.5. The highest BCUT2D eigenvalue weighted by molar-refractivity contribution is 6.28. The number of aromatic nitrogens is 6. The van der Waals surface area contributed by atoms with E-state index in [4.69, 9.17) is 9.97 Å². The van der Waals surface area contributed by atoms with Crippen molar-refractivity contribution in [2.24, 2.45) is 0 Å². The van der Waals surface area contributed by atoms with Gasteiger partial charge in [-0.05, 0) is 91.0 Å². The number of hydrogen-bond donors (Lipinski definition) is 0. The molecule has 6 nitrogen and oxygen atoms in total. The maximum absolute atomic E-state index is 5.29. The summed E-state index contributed by atoms with van der Waals surface area (Å²) < 4.78 is 9.87. The molecule has 0 saturated carbocycles. The van der Waals surface area contributed by atoms with Gasteiger partial charge in [0.2, 0.25) is 0 Å². The Kier molecular flexibility index (Phi) is 9.23. The molecule has 16 aromatic rings. The van der Waals surface area contributed by atoms with Crippen molar-refractivity contribution < 1.29 is 0 Å². The van der Waals surface area contributed by atoms with Crippen LogP contribution in [0.2, 0.25) is 0 Å². The molecule has 0 N–H and O–H groups in total. The van der Waals surface area contributed by atoms with E-state index in [0.29, 0.717) is 5.82 Å². The van der Waals surface area contributed by atoms with Crippen LogP contribution >= 0.6 is 0 Å². The second-order valence-electron chi connectivity index (χ2n) is 19.7. The van der Waals surface area contributed by atoms with Crippen molar-refractivity contribution in [1.82, 2.24) is 28.2 Å². The molecule has 11 aromatic carbocycles. The van der Waals surface area contributed by atoms with E-state index in [2.05, 4.69) is 261 Å². The fourth-order valence-electron chi connectivity index (χ4n) is 12.3.